The Morgan fingerprint density at radius 1 is 1.37 bits per heavy atom. The van der Waals surface area contributed by atoms with Gasteiger partial charge in [0.2, 0.25) is 0 Å². The first-order chi connectivity index (χ1) is 8.29. The monoisotopic (exact) mass is 297 g/mol. The molecule has 0 fully saturated rings. The Hall–Kier alpha value is -0.670. The van der Waals surface area contributed by atoms with Gasteiger partial charge in [0.05, 0.1) is 21.6 Å². The van der Waals surface area contributed by atoms with Gasteiger partial charge in [0.25, 0.3) is 0 Å². The van der Waals surface area contributed by atoms with E-state index in [0.29, 0.717) is 0 Å². The fourth-order valence-electron chi connectivity index (χ4n) is 1.31. The smallest absolute Gasteiger partial charge is 0.748 e. The molecule has 7 nitrogen and oxygen atoms in total. The molecule has 0 heterocycles. The molecule has 0 aromatic heterocycles. The van der Waals surface area contributed by atoms with E-state index in [1.165, 1.54) is 12.1 Å². The molecule has 0 atom stereocenters. The molecule has 0 saturated heterocycles. The summed E-state index contributed by atoms with van der Waals surface area (Å²) in [6.45, 7) is 1.64. The third-order valence-electron chi connectivity index (χ3n) is 2.11. The van der Waals surface area contributed by atoms with Crippen LogP contribution in [0.5, 0.6) is 5.75 Å². The summed E-state index contributed by atoms with van der Waals surface area (Å²) < 4.78 is 36.1. The zero-order valence-electron chi connectivity index (χ0n) is 10.7. The Labute approximate surface area is 133 Å². The minimum Gasteiger partial charge on any atom is -0.748 e. The largest absolute Gasteiger partial charge is 1.00 e. The number of ether oxygens (including phenoxy) is 1. The van der Waals surface area contributed by atoms with Gasteiger partial charge in [-0.15, -0.1) is 0 Å². The van der Waals surface area contributed by atoms with Crippen LogP contribution in [0.4, 0.5) is 5.69 Å². The molecule has 0 bridgehead atoms. The van der Waals surface area contributed by atoms with E-state index in [1.807, 2.05) is 0 Å². The number of nitro groups is 1. The van der Waals surface area contributed by atoms with Crippen LogP contribution in [0.3, 0.4) is 0 Å². The summed E-state index contributed by atoms with van der Waals surface area (Å²) in [7, 11) is -4.28. The van der Waals surface area contributed by atoms with Gasteiger partial charge < -0.3 is 9.29 Å². The molecule has 1 rings (SSSR count). The second-order valence-corrected chi connectivity index (χ2v) is 5.22. The average molecular weight is 297 g/mol. The van der Waals surface area contributed by atoms with E-state index in [4.69, 9.17) is 4.74 Å². The van der Waals surface area contributed by atoms with Crippen molar-refractivity contribution in [3.63, 3.8) is 0 Å². The maximum Gasteiger partial charge on any atom is 1.00 e. The van der Waals surface area contributed by atoms with Gasteiger partial charge in [0.15, 0.2) is 5.75 Å². The molecule has 0 unspecified atom stereocenters. The van der Waals surface area contributed by atoms with Crippen molar-refractivity contribution in [1.82, 2.24) is 0 Å². The molecular weight excluding hydrogens is 285 g/mol. The van der Waals surface area contributed by atoms with Gasteiger partial charge in [0, 0.05) is 11.8 Å². The fourth-order valence-corrected chi connectivity index (χ4v) is 1.78. The predicted octanol–water partition coefficient (Wildman–Crippen LogP) is -1.78. The number of benzene rings is 1. The number of nitrogens with zero attached hydrogens (tertiary/aromatic N) is 1. The fraction of sp³-hybridized carbons (Fsp3) is 0.400. The van der Waals surface area contributed by atoms with Crippen LogP contribution in [-0.2, 0) is 10.1 Å². The molecule has 9 heteroatoms. The normalized spacial score (nSPS) is 10.6. The summed E-state index contributed by atoms with van der Waals surface area (Å²) >= 11 is 0. The first-order valence-electron chi connectivity index (χ1n) is 5.11. The number of hydrogen-bond donors (Lipinski definition) is 0. The number of nitro benzene ring substituents is 1. The molecule has 19 heavy (non-hydrogen) atoms. The molecule has 0 radical (unpaired) electrons. The van der Waals surface area contributed by atoms with Crippen LogP contribution in [0.25, 0.3) is 0 Å². The van der Waals surface area contributed by atoms with E-state index in [2.05, 4.69) is 0 Å². The molecule has 0 amide bonds. The third-order valence-corrected chi connectivity index (χ3v) is 2.90. The molecule has 100 valence electrons. The van der Waals surface area contributed by atoms with Crippen molar-refractivity contribution in [2.24, 2.45) is 0 Å². The topological polar surface area (TPSA) is 110 Å². The maximum absolute atomic E-state index is 10.7. The Bertz CT molecular complexity index is 545. The number of aryl methyl sites for hydroxylation is 1. The van der Waals surface area contributed by atoms with Crippen molar-refractivity contribution in [3.05, 3.63) is 33.9 Å². The van der Waals surface area contributed by atoms with E-state index in [9.17, 15) is 23.1 Å². The molecule has 0 aliphatic rings. The Kier molecular flexibility index (Phi) is 7.53. The van der Waals surface area contributed by atoms with Crippen LogP contribution < -0.4 is 34.3 Å². The summed E-state index contributed by atoms with van der Waals surface area (Å²) in [5.41, 5.74) is 0.538. The summed E-state index contributed by atoms with van der Waals surface area (Å²) in [6, 6.07) is 4.45. The first kappa shape index (κ1) is 18.3. The maximum atomic E-state index is 10.7. The van der Waals surface area contributed by atoms with E-state index in [-0.39, 0.29) is 54.0 Å². The van der Waals surface area contributed by atoms with Gasteiger partial charge in [-0.25, -0.2) is 8.42 Å². The first-order valence-corrected chi connectivity index (χ1v) is 6.69. The van der Waals surface area contributed by atoms with E-state index < -0.39 is 20.8 Å². The van der Waals surface area contributed by atoms with E-state index in [0.717, 1.165) is 5.56 Å². The summed E-state index contributed by atoms with van der Waals surface area (Å²) in [5.74, 6) is -0.485. The van der Waals surface area contributed by atoms with Crippen LogP contribution in [0.2, 0.25) is 0 Å². The van der Waals surface area contributed by atoms with Gasteiger partial charge >= 0.3 is 35.2 Å². The Balaban J connectivity index is 0.00000324. The van der Waals surface area contributed by atoms with Crippen molar-refractivity contribution >= 4 is 15.8 Å². The molecule has 1 aromatic carbocycles. The molecule has 0 aliphatic carbocycles. The predicted molar refractivity (Wildman–Crippen MR) is 62.5 cm³/mol. The molecule has 0 aliphatic heterocycles. The van der Waals surface area contributed by atoms with Crippen LogP contribution in [-0.4, -0.2) is 30.3 Å². The summed E-state index contributed by atoms with van der Waals surface area (Å²) in [5, 5.41) is 10.7. The van der Waals surface area contributed by atoms with Crippen LogP contribution in [0, 0.1) is 17.0 Å². The van der Waals surface area contributed by atoms with Crippen molar-refractivity contribution in [1.29, 1.82) is 0 Å². The van der Waals surface area contributed by atoms with Crippen LogP contribution >= 0.6 is 0 Å². The molecular formula is C10H12NNaO6S. The van der Waals surface area contributed by atoms with Crippen LogP contribution in [0.15, 0.2) is 18.2 Å². The third kappa shape index (κ3) is 6.88. The minimum absolute atomic E-state index is 0. The zero-order chi connectivity index (χ0) is 13.8. The quantitative estimate of drug-likeness (QED) is 0.202. The Morgan fingerprint density at radius 3 is 2.53 bits per heavy atom. The van der Waals surface area contributed by atoms with Gasteiger partial charge in [-0.2, -0.15) is 0 Å². The van der Waals surface area contributed by atoms with Crippen LogP contribution in [0.1, 0.15) is 12.0 Å². The van der Waals surface area contributed by atoms with Gasteiger partial charge in [-0.05, 0) is 25.0 Å². The Morgan fingerprint density at radius 2 is 2.00 bits per heavy atom. The van der Waals surface area contributed by atoms with E-state index in [1.54, 1.807) is 13.0 Å². The average Bonchev–Trinajstić information content (AvgIpc) is 2.24. The van der Waals surface area contributed by atoms with Gasteiger partial charge in [-0.3, -0.25) is 10.1 Å². The van der Waals surface area contributed by atoms with Gasteiger partial charge in [-0.1, -0.05) is 6.07 Å². The molecule has 0 spiro atoms. The van der Waals surface area contributed by atoms with Crippen molar-refractivity contribution < 1.29 is 52.2 Å². The summed E-state index contributed by atoms with van der Waals surface area (Å²) in [4.78, 5) is 10.2. The molecule has 0 N–H and O–H groups in total. The van der Waals surface area contributed by atoms with Crippen molar-refractivity contribution in [3.8, 4) is 5.75 Å². The minimum atomic E-state index is -4.28. The standard InChI is InChI=1S/C10H13NO6S.Na/c1-8-3-4-10(9(7-8)11(12)13)17-5-2-6-18(14,15)16;/h3-4,7H,2,5-6H2,1H3,(H,14,15,16);/q;+1/p-1. The van der Waals surface area contributed by atoms with Crippen molar-refractivity contribution in [2.75, 3.05) is 12.4 Å². The van der Waals surface area contributed by atoms with Gasteiger partial charge in [0.1, 0.15) is 0 Å². The number of rotatable bonds is 6. The SMILES string of the molecule is Cc1ccc(OCCCS(=O)(=O)[O-])c([N+](=O)[O-])c1.[Na+]. The van der Waals surface area contributed by atoms with Crippen molar-refractivity contribution in [2.45, 2.75) is 13.3 Å². The second kappa shape index (κ2) is 7.81. The van der Waals surface area contributed by atoms with E-state index >= 15 is 0 Å². The zero-order valence-corrected chi connectivity index (χ0v) is 13.5. The second-order valence-electron chi connectivity index (χ2n) is 3.69. The molecule has 1 aromatic rings. The molecule has 0 saturated carbocycles. The number of hydrogen-bond acceptors (Lipinski definition) is 6. The summed E-state index contributed by atoms with van der Waals surface area (Å²) in [6.07, 6.45) is -0.00311.